The summed E-state index contributed by atoms with van der Waals surface area (Å²) in [5.41, 5.74) is 3.03. The predicted octanol–water partition coefficient (Wildman–Crippen LogP) is 4.58. The average molecular weight is 329 g/mol. The largest absolute Gasteiger partial charge is 0.508 e. The van der Waals surface area contributed by atoms with Crippen LogP contribution in [0.2, 0.25) is 5.02 Å². The van der Waals surface area contributed by atoms with Gasteiger partial charge in [0, 0.05) is 34.2 Å². The number of aryl methyl sites for hydroxylation is 2. The fraction of sp³-hybridized carbons (Fsp3) is 0.167. The second-order valence-corrected chi connectivity index (χ2v) is 5.82. The van der Waals surface area contributed by atoms with Crippen molar-refractivity contribution in [3.05, 3.63) is 58.7 Å². The highest BCUT2D eigenvalue weighted by Crippen LogP contribution is 2.29. The summed E-state index contributed by atoms with van der Waals surface area (Å²) in [5.74, 6) is -0.0930. The van der Waals surface area contributed by atoms with Crippen LogP contribution in [-0.4, -0.2) is 15.6 Å². The van der Waals surface area contributed by atoms with Crippen LogP contribution in [-0.2, 0) is 6.54 Å². The van der Waals surface area contributed by atoms with E-state index in [1.54, 1.807) is 18.2 Å². The van der Waals surface area contributed by atoms with Gasteiger partial charge in [-0.15, -0.1) is 0 Å². The average Bonchev–Trinajstić information content (AvgIpc) is 2.79. The van der Waals surface area contributed by atoms with E-state index in [0.29, 0.717) is 22.9 Å². The van der Waals surface area contributed by atoms with Crippen LogP contribution in [0.1, 0.15) is 23.0 Å². The Bertz CT molecular complexity index is 899. The highest BCUT2D eigenvalue weighted by Gasteiger charge is 2.19. The van der Waals surface area contributed by atoms with Crippen molar-refractivity contribution in [2.75, 3.05) is 5.32 Å². The number of anilines is 1. The lowest BCUT2D eigenvalue weighted by Crippen LogP contribution is -2.17. The number of carbonyl (C=O) groups excluding carboxylic acids is 1. The number of hydrogen-bond donors (Lipinski definition) is 2. The van der Waals surface area contributed by atoms with Crippen LogP contribution in [0.25, 0.3) is 10.9 Å². The minimum Gasteiger partial charge on any atom is -0.508 e. The van der Waals surface area contributed by atoms with Crippen molar-refractivity contribution in [1.82, 2.24) is 4.57 Å². The maximum absolute atomic E-state index is 12.7. The maximum atomic E-state index is 12.7. The standard InChI is InChI=1S/C18H17ClN2O2/c1-3-21-16-8-7-12(19)9-15(16)11(2)17(21)18(23)20-13-5-4-6-14(22)10-13/h4-10,22H,3H2,1-2H3,(H,20,23). The molecule has 0 aliphatic heterocycles. The molecule has 0 aliphatic rings. The summed E-state index contributed by atoms with van der Waals surface area (Å²) < 4.78 is 1.97. The topological polar surface area (TPSA) is 54.3 Å². The van der Waals surface area contributed by atoms with Crippen molar-refractivity contribution in [2.24, 2.45) is 0 Å². The molecule has 3 rings (SSSR count). The van der Waals surface area contributed by atoms with Crippen LogP contribution in [0.15, 0.2) is 42.5 Å². The number of carbonyl (C=O) groups is 1. The molecule has 0 unspecified atom stereocenters. The van der Waals surface area contributed by atoms with Gasteiger partial charge in [-0.25, -0.2) is 0 Å². The van der Waals surface area contributed by atoms with Gasteiger partial charge < -0.3 is 15.0 Å². The highest BCUT2D eigenvalue weighted by molar-refractivity contribution is 6.31. The number of benzene rings is 2. The smallest absolute Gasteiger partial charge is 0.272 e. The molecular weight excluding hydrogens is 312 g/mol. The molecule has 1 heterocycles. The number of nitrogens with zero attached hydrogens (tertiary/aromatic N) is 1. The van der Waals surface area contributed by atoms with E-state index in [1.165, 1.54) is 6.07 Å². The summed E-state index contributed by atoms with van der Waals surface area (Å²) >= 11 is 6.08. The van der Waals surface area contributed by atoms with Gasteiger partial charge in [-0.3, -0.25) is 4.79 Å². The fourth-order valence-electron chi connectivity index (χ4n) is 2.89. The quantitative estimate of drug-likeness (QED) is 0.739. The third-order valence-electron chi connectivity index (χ3n) is 3.91. The SMILES string of the molecule is CCn1c(C(=O)Nc2cccc(O)c2)c(C)c2cc(Cl)ccc21. The number of fused-ring (bicyclic) bond motifs is 1. The zero-order chi connectivity index (χ0) is 16.6. The lowest BCUT2D eigenvalue weighted by atomic mass is 10.1. The Kier molecular flexibility index (Phi) is 4.01. The third kappa shape index (κ3) is 2.78. The zero-order valence-electron chi connectivity index (χ0n) is 12.9. The van der Waals surface area contributed by atoms with E-state index in [9.17, 15) is 9.90 Å². The van der Waals surface area contributed by atoms with Crippen molar-refractivity contribution in [3.63, 3.8) is 0 Å². The van der Waals surface area contributed by atoms with Crippen molar-refractivity contribution >= 4 is 34.1 Å². The number of rotatable bonds is 3. The molecule has 1 aromatic heterocycles. The fourth-order valence-corrected chi connectivity index (χ4v) is 3.06. The van der Waals surface area contributed by atoms with Gasteiger partial charge in [-0.05, 0) is 49.7 Å². The van der Waals surface area contributed by atoms with Gasteiger partial charge >= 0.3 is 0 Å². The lowest BCUT2D eigenvalue weighted by molar-refractivity contribution is 0.101. The van der Waals surface area contributed by atoms with Gasteiger partial charge in [0.05, 0.1) is 0 Å². The van der Waals surface area contributed by atoms with Crippen LogP contribution >= 0.6 is 11.6 Å². The summed E-state index contributed by atoms with van der Waals surface area (Å²) in [6.07, 6.45) is 0. The molecule has 1 amide bonds. The maximum Gasteiger partial charge on any atom is 0.272 e. The van der Waals surface area contributed by atoms with Crippen LogP contribution in [0.4, 0.5) is 5.69 Å². The van der Waals surface area contributed by atoms with E-state index in [0.717, 1.165) is 16.5 Å². The Balaban J connectivity index is 2.08. The minimum absolute atomic E-state index is 0.113. The molecule has 0 aliphatic carbocycles. The first-order valence-corrected chi connectivity index (χ1v) is 7.77. The first-order chi connectivity index (χ1) is 11.0. The van der Waals surface area contributed by atoms with E-state index in [2.05, 4.69) is 5.32 Å². The molecule has 118 valence electrons. The van der Waals surface area contributed by atoms with Crippen LogP contribution in [0, 0.1) is 6.92 Å². The van der Waals surface area contributed by atoms with Crippen molar-refractivity contribution < 1.29 is 9.90 Å². The van der Waals surface area contributed by atoms with E-state index >= 15 is 0 Å². The van der Waals surface area contributed by atoms with Gasteiger partial charge in [-0.2, -0.15) is 0 Å². The second kappa shape index (κ2) is 5.97. The zero-order valence-corrected chi connectivity index (χ0v) is 13.7. The number of phenols is 1. The lowest BCUT2D eigenvalue weighted by Gasteiger charge is -2.10. The molecule has 0 fully saturated rings. The summed E-state index contributed by atoms with van der Waals surface area (Å²) in [4.78, 5) is 12.7. The molecular formula is C18H17ClN2O2. The summed E-state index contributed by atoms with van der Waals surface area (Å²) in [6, 6.07) is 12.1. The molecule has 0 atom stereocenters. The van der Waals surface area contributed by atoms with Crippen LogP contribution < -0.4 is 5.32 Å². The molecule has 3 aromatic rings. The van der Waals surface area contributed by atoms with E-state index < -0.39 is 0 Å². The molecule has 2 aromatic carbocycles. The molecule has 0 spiro atoms. The Morgan fingerprint density at radius 3 is 2.74 bits per heavy atom. The Morgan fingerprint density at radius 2 is 2.04 bits per heavy atom. The molecule has 0 radical (unpaired) electrons. The summed E-state index contributed by atoms with van der Waals surface area (Å²) in [6.45, 7) is 4.59. The van der Waals surface area contributed by atoms with Gasteiger partial charge in [0.2, 0.25) is 0 Å². The van der Waals surface area contributed by atoms with Crippen molar-refractivity contribution in [1.29, 1.82) is 0 Å². The molecule has 2 N–H and O–H groups in total. The molecule has 4 nitrogen and oxygen atoms in total. The first kappa shape index (κ1) is 15.4. The number of halogens is 1. The number of phenolic OH excluding ortho intramolecular Hbond substituents is 1. The van der Waals surface area contributed by atoms with Crippen molar-refractivity contribution in [2.45, 2.75) is 20.4 Å². The van der Waals surface area contributed by atoms with E-state index in [1.807, 2.05) is 36.6 Å². The second-order valence-electron chi connectivity index (χ2n) is 5.38. The Morgan fingerprint density at radius 1 is 1.26 bits per heavy atom. The molecule has 23 heavy (non-hydrogen) atoms. The number of aromatic nitrogens is 1. The van der Waals surface area contributed by atoms with E-state index in [4.69, 9.17) is 11.6 Å². The minimum atomic E-state index is -0.206. The Hall–Kier alpha value is -2.46. The molecule has 5 heteroatoms. The Labute approximate surface area is 139 Å². The van der Waals surface area contributed by atoms with Gasteiger partial charge in [-0.1, -0.05) is 17.7 Å². The van der Waals surface area contributed by atoms with Crippen LogP contribution in [0.5, 0.6) is 5.75 Å². The predicted molar refractivity (Wildman–Crippen MR) is 93.4 cm³/mol. The summed E-state index contributed by atoms with van der Waals surface area (Å²) in [7, 11) is 0. The molecule has 0 saturated carbocycles. The van der Waals surface area contributed by atoms with E-state index in [-0.39, 0.29) is 11.7 Å². The number of nitrogens with one attached hydrogen (secondary N) is 1. The third-order valence-corrected chi connectivity index (χ3v) is 4.15. The van der Waals surface area contributed by atoms with Crippen molar-refractivity contribution in [3.8, 4) is 5.75 Å². The van der Waals surface area contributed by atoms with Gasteiger partial charge in [0.15, 0.2) is 0 Å². The normalized spacial score (nSPS) is 10.9. The number of amides is 1. The summed E-state index contributed by atoms with van der Waals surface area (Å²) in [5, 5.41) is 14.0. The van der Waals surface area contributed by atoms with Gasteiger partial charge in [0.1, 0.15) is 11.4 Å². The number of aromatic hydroxyl groups is 1. The van der Waals surface area contributed by atoms with Crippen LogP contribution in [0.3, 0.4) is 0 Å². The highest BCUT2D eigenvalue weighted by atomic mass is 35.5. The number of hydrogen-bond acceptors (Lipinski definition) is 2. The monoisotopic (exact) mass is 328 g/mol. The van der Waals surface area contributed by atoms with Gasteiger partial charge in [0.25, 0.3) is 5.91 Å². The molecule has 0 bridgehead atoms. The first-order valence-electron chi connectivity index (χ1n) is 7.40. The molecule has 0 saturated heterocycles.